The van der Waals surface area contributed by atoms with Gasteiger partial charge in [0, 0.05) is 30.0 Å². The fourth-order valence-corrected chi connectivity index (χ4v) is 5.98. The van der Waals surface area contributed by atoms with E-state index in [9.17, 15) is 33.7 Å². The number of carbonyl (C=O) groups excluding carboxylic acids is 2. The first kappa shape index (κ1) is 42.1. The van der Waals surface area contributed by atoms with Crippen molar-refractivity contribution in [3.05, 3.63) is 44.6 Å². The van der Waals surface area contributed by atoms with Gasteiger partial charge in [0.15, 0.2) is 18.5 Å². The number of esters is 1. The van der Waals surface area contributed by atoms with Gasteiger partial charge in [-0.3, -0.25) is 23.9 Å². The molecule has 1 aliphatic heterocycles. The molecule has 2 heterocycles. The fourth-order valence-electron chi connectivity index (χ4n) is 5.60. The van der Waals surface area contributed by atoms with Crippen molar-refractivity contribution in [2.24, 2.45) is 5.92 Å². The van der Waals surface area contributed by atoms with Crippen molar-refractivity contribution in [1.29, 1.82) is 0 Å². The summed E-state index contributed by atoms with van der Waals surface area (Å²) in [6.07, 6.45) is 17.6. The number of nitrogens with one attached hydrogen (secondary N) is 2. The third-order valence-corrected chi connectivity index (χ3v) is 8.78. The molecule has 4 atom stereocenters. The van der Waals surface area contributed by atoms with Crippen molar-refractivity contribution in [2.45, 2.75) is 135 Å². The topological polar surface area (TPSA) is 195 Å². The van der Waals surface area contributed by atoms with Crippen LogP contribution < -0.4 is 16.6 Å². The largest absolute Gasteiger partial charge is 0.747 e. The summed E-state index contributed by atoms with van der Waals surface area (Å²) in [5.74, 6) is -1.31. The minimum atomic E-state index is -3.11. The lowest BCUT2D eigenvalue weighted by Gasteiger charge is -2.21. The van der Waals surface area contributed by atoms with Gasteiger partial charge in [0.25, 0.3) is 11.5 Å². The first-order valence-corrected chi connectivity index (χ1v) is 19.0. The predicted octanol–water partition coefficient (Wildman–Crippen LogP) is 5.27. The van der Waals surface area contributed by atoms with Gasteiger partial charge in [-0.05, 0) is 19.3 Å². The van der Waals surface area contributed by atoms with E-state index in [-0.39, 0.29) is 42.5 Å². The smallest absolute Gasteiger partial charge is 0.465 e. The Hall–Kier alpha value is -3.06. The Bertz CT molecular complexity index is 1280. The van der Waals surface area contributed by atoms with Crippen molar-refractivity contribution in [1.82, 2.24) is 14.9 Å². The van der Waals surface area contributed by atoms with E-state index in [1.807, 2.05) is 6.92 Å². The maximum absolute atomic E-state index is 12.3. The number of aliphatic hydroxyl groups excluding tert-OH is 1. The van der Waals surface area contributed by atoms with E-state index >= 15 is 0 Å². The number of amides is 1. The molecule has 1 amide bonds. The standard InChI is InChI=1S/C34H56N3O11P/c1-3-4-5-6-7-8-9-10-11-12-13-16-19-26(2)33(41)46-25-29(40)35-21-17-14-15-18-23-45-31-30(48-49(43)44)27(24-38)47-32(31)37-22-20-28(39)36-34(37)42/h20,22,26,31-32,38H,3-19,21,23-25H2,1-2H3,(H2-,35,36,39,40,42,43,44)/p+1/t26?,31?,32-/m1/s1. The number of aromatic nitrogens is 2. The molecule has 0 bridgehead atoms. The van der Waals surface area contributed by atoms with Crippen LogP contribution in [0.3, 0.4) is 0 Å². The van der Waals surface area contributed by atoms with E-state index in [1.54, 1.807) is 0 Å². The molecule has 0 aliphatic carbocycles. The quantitative estimate of drug-likeness (QED) is 0.0502. The average molecular weight is 715 g/mol. The number of hydrogen-bond donors (Lipinski definition) is 4. The molecule has 1 aliphatic rings. The number of aliphatic hydroxyl groups is 1. The molecule has 0 radical (unpaired) electrons. The monoisotopic (exact) mass is 714 g/mol. The van der Waals surface area contributed by atoms with Gasteiger partial charge in [-0.1, -0.05) is 104 Å². The zero-order valence-corrected chi connectivity index (χ0v) is 30.1. The van der Waals surface area contributed by atoms with Gasteiger partial charge in [0.05, 0.1) is 5.92 Å². The maximum Gasteiger partial charge on any atom is 0.747 e. The summed E-state index contributed by atoms with van der Waals surface area (Å²) in [5, 5.41) is 12.4. The first-order chi connectivity index (χ1) is 23.7. The molecule has 49 heavy (non-hydrogen) atoms. The van der Waals surface area contributed by atoms with Crippen LogP contribution in [0.4, 0.5) is 0 Å². The van der Waals surface area contributed by atoms with Crippen LogP contribution in [0.25, 0.3) is 0 Å². The molecule has 2 rings (SSSR count). The predicted molar refractivity (Wildman–Crippen MR) is 184 cm³/mol. The fraction of sp³-hybridized carbons (Fsp3) is 0.765. The van der Waals surface area contributed by atoms with Crippen LogP contribution in [0.2, 0.25) is 0 Å². The highest BCUT2D eigenvalue weighted by Gasteiger charge is 2.45. The van der Waals surface area contributed by atoms with Crippen molar-refractivity contribution in [2.75, 3.05) is 26.4 Å². The number of hydrogen-bond acceptors (Lipinski definition) is 10. The Balaban J connectivity index is 1.56. The van der Waals surface area contributed by atoms with Crippen molar-refractivity contribution < 1.29 is 42.9 Å². The van der Waals surface area contributed by atoms with Crippen LogP contribution >= 0.6 is 8.25 Å². The molecule has 3 unspecified atom stereocenters. The van der Waals surface area contributed by atoms with Gasteiger partial charge in [-0.15, -0.1) is 4.89 Å². The normalized spacial score (nSPS) is 16.7. The number of rotatable bonds is 28. The first-order valence-electron chi connectivity index (χ1n) is 17.9. The van der Waals surface area contributed by atoms with Crippen molar-refractivity contribution in [3.63, 3.8) is 0 Å². The minimum absolute atomic E-state index is 0.163. The van der Waals surface area contributed by atoms with Crippen LogP contribution in [-0.4, -0.2) is 63.9 Å². The summed E-state index contributed by atoms with van der Waals surface area (Å²) in [5.41, 5.74) is -1.41. The Kier molecular flexibility index (Phi) is 21.5. The maximum atomic E-state index is 12.3. The molecule has 0 saturated carbocycles. The molecule has 1 aromatic heterocycles. The number of ether oxygens (including phenoxy) is 3. The van der Waals surface area contributed by atoms with Crippen LogP contribution in [0.1, 0.15) is 129 Å². The van der Waals surface area contributed by atoms with Crippen molar-refractivity contribution >= 4 is 20.1 Å². The third kappa shape index (κ3) is 16.9. The highest BCUT2D eigenvalue weighted by atomic mass is 31.1. The summed E-state index contributed by atoms with van der Waals surface area (Å²) in [6, 6.07) is 1.11. The van der Waals surface area contributed by atoms with E-state index in [0.29, 0.717) is 19.4 Å². The molecular formula is C34H57N3O11P+. The Morgan fingerprint density at radius 1 is 0.980 bits per heavy atom. The second-order valence-corrected chi connectivity index (χ2v) is 13.2. The number of carbonyl (C=O) groups is 2. The Labute approximate surface area is 289 Å². The van der Waals surface area contributed by atoms with Gasteiger partial charge in [0.2, 0.25) is 12.0 Å². The molecule has 0 fully saturated rings. The average Bonchev–Trinajstić information content (AvgIpc) is 3.40. The number of nitrogens with zero attached hydrogens (tertiary/aromatic N) is 1. The van der Waals surface area contributed by atoms with Crippen LogP contribution in [0, 0.1) is 5.92 Å². The summed E-state index contributed by atoms with van der Waals surface area (Å²) in [7, 11) is -3.11. The Morgan fingerprint density at radius 3 is 2.20 bits per heavy atom. The molecule has 14 nitrogen and oxygen atoms in total. The molecule has 0 spiro atoms. The van der Waals surface area contributed by atoms with E-state index in [1.165, 1.54) is 70.4 Å². The van der Waals surface area contributed by atoms with E-state index in [0.717, 1.165) is 42.7 Å². The second-order valence-electron chi connectivity index (χ2n) is 12.5. The van der Waals surface area contributed by atoms with E-state index in [4.69, 9.17) is 18.7 Å². The molecule has 4 N–H and O–H groups in total. The van der Waals surface area contributed by atoms with Gasteiger partial charge in [-0.25, -0.2) is 9.32 Å². The lowest BCUT2D eigenvalue weighted by molar-refractivity contribution is -0.152. The molecular weight excluding hydrogens is 657 g/mol. The van der Waals surface area contributed by atoms with Gasteiger partial charge in [-0.2, -0.15) is 0 Å². The number of H-pyrrole nitrogens is 1. The van der Waals surface area contributed by atoms with Crippen molar-refractivity contribution in [3.8, 4) is 0 Å². The molecule has 15 heteroatoms. The number of aromatic amines is 1. The van der Waals surface area contributed by atoms with E-state index < -0.39 is 38.4 Å². The number of unbranched alkanes of at least 4 members (excludes halogenated alkanes) is 14. The zero-order chi connectivity index (χ0) is 35.9. The summed E-state index contributed by atoms with van der Waals surface area (Å²) in [6.45, 7) is 3.70. The lowest BCUT2D eigenvalue weighted by atomic mass is 10.0. The highest BCUT2D eigenvalue weighted by molar-refractivity contribution is 7.32. The highest BCUT2D eigenvalue weighted by Crippen LogP contribution is 2.39. The minimum Gasteiger partial charge on any atom is -0.465 e. The van der Waals surface area contributed by atoms with Crippen LogP contribution in [0.15, 0.2) is 33.4 Å². The summed E-state index contributed by atoms with van der Waals surface area (Å²) >= 11 is 0. The van der Waals surface area contributed by atoms with Gasteiger partial charge >= 0.3 is 19.9 Å². The SMILES string of the molecule is CCCCCCCCCCCCCCC(C)C(=O)OCC(=O)NCCCCCCOC1C(O[P+](=O)O)=C(CO)O[C@H]1n1ccc(=O)[nH]c1=O. The lowest BCUT2D eigenvalue weighted by Crippen LogP contribution is -2.37. The molecule has 0 saturated heterocycles. The Morgan fingerprint density at radius 2 is 1.59 bits per heavy atom. The molecule has 1 aromatic rings. The third-order valence-electron chi connectivity index (χ3n) is 8.43. The summed E-state index contributed by atoms with van der Waals surface area (Å²) in [4.78, 5) is 59.6. The van der Waals surface area contributed by atoms with Gasteiger partial charge in [0.1, 0.15) is 6.61 Å². The summed E-state index contributed by atoms with van der Waals surface area (Å²) < 4.78 is 34.0. The zero-order valence-electron chi connectivity index (χ0n) is 29.2. The second kappa shape index (κ2) is 25.0. The van der Waals surface area contributed by atoms with Crippen LogP contribution in [-0.2, 0) is 32.9 Å². The van der Waals surface area contributed by atoms with E-state index in [2.05, 4.69) is 17.2 Å². The van der Waals surface area contributed by atoms with Gasteiger partial charge < -0.3 is 24.6 Å². The molecule has 0 aromatic carbocycles. The van der Waals surface area contributed by atoms with Crippen LogP contribution in [0.5, 0.6) is 0 Å². The molecule has 278 valence electrons.